The Bertz CT molecular complexity index is 967. The molecule has 0 N–H and O–H groups in total. The molecule has 0 saturated carbocycles. The number of hydrogen-bond acceptors (Lipinski definition) is 4. The molecular formula is C23H22N2O2. The Hall–Kier alpha value is -3.27. The average Bonchev–Trinajstić information content (AvgIpc) is 2.74. The van der Waals surface area contributed by atoms with Crippen molar-refractivity contribution in [1.82, 2.24) is 5.01 Å². The maximum Gasteiger partial charge on any atom is 0.127 e. The second kappa shape index (κ2) is 7.54. The summed E-state index contributed by atoms with van der Waals surface area (Å²) < 4.78 is 10.9. The van der Waals surface area contributed by atoms with E-state index in [9.17, 15) is 0 Å². The highest BCUT2D eigenvalue weighted by Crippen LogP contribution is 2.29. The molecule has 0 unspecified atom stereocenters. The van der Waals surface area contributed by atoms with Crippen LogP contribution in [0.1, 0.15) is 22.3 Å². The van der Waals surface area contributed by atoms with E-state index >= 15 is 0 Å². The van der Waals surface area contributed by atoms with Gasteiger partial charge in [-0.15, -0.1) is 0 Å². The van der Waals surface area contributed by atoms with Gasteiger partial charge in [0.1, 0.15) is 11.5 Å². The molecule has 0 spiro atoms. The molecule has 0 saturated heterocycles. The maximum atomic E-state index is 5.56. The number of rotatable bonds is 5. The van der Waals surface area contributed by atoms with Crippen molar-refractivity contribution in [3.8, 4) is 11.5 Å². The van der Waals surface area contributed by atoms with Crippen molar-refractivity contribution in [1.29, 1.82) is 0 Å². The Morgan fingerprint density at radius 2 is 1.67 bits per heavy atom. The zero-order valence-electron chi connectivity index (χ0n) is 15.6. The molecule has 1 heterocycles. The summed E-state index contributed by atoms with van der Waals surface area (Å²) >= 11 is 0. The molecule has 136 valence electrons. The first-order chi connectivity index (χ1) is 13.3. The van der Waals surface area contributed by atoms with Gasteiger partial charge in [0, 0.05) is 22.8 Å². The summed E-state index contributed by atoms with van der Waals surface area (Å²) in [6.07, 6.45) is 0. The van der Waals surface area contributed by atoms with Gasteiger partial charge >= 0.3 is 0 Å². The van der Waals surface area contributed by atoms with Crippen LogP contribution in [0.3, 0.4) is 0 Å². The van der Waals surface area contributed by atoms with Crippen molar-refractivity contribution in [3.05, 3.63) is 95.1 Å². The highest BCUT2D eigenvalue weighted by atomic mass is 16.5. The van der Waals surface area contributed by atoms with Crippen LogP contribution in [0, 0.1) is 0 Å². The molecular weight excluding hydrogens is 336 g/mol. The highest BCUT2D eigenvalue weighted by Gasteiger charge is 2.21. The Morgan fingerprint density at radius 3 is 2.44 bits per heavy atom. The first kappa shape index (κ1) is 17.2. The summed E-state index contributed by atoms with van der Waals surface area (Å²) in [5.41, 5.74) is 5.68. The first-order valence-corrected chi connectivity index (χ1v) is 8.96. The summed E-state index contributed by atoms with van der Waals surface area (Å²) in [6.45, 7) is 1.43. The van der Waals surface area contributed by atoms with Gasteiger partial charge in [-0.05, 0) is 17.7 Å². The molecule has 0 amide bonds. The molecule has 0 fully saturated rings. The first-order valence-electron chi connectivity index (χ1n) is 8.96. The lowest BCUT2D eigenvalue weighted by Gasteiger charge is -2.28. The largest absolute Gasteiger partial charge is 0.497 e. The second-order valence-corrected chi connectivity index (χ2v) is 6.47. The molecule has 0 bridgehead atoms. The third kappa shape index (κ3) is 3.51. The molecule has 27 heavy (non-hydrogen) atoms. The van der Waals surface area contributed by atoms with Gasteiger partial charge in [-0.2, -0.15) is 5.10 Å². The van der Waals surface area contributed by atoms with Gasteiger partial charge in [-0.25, -0.2) is 0 Å². The fourth-order valence-corrected chi connectivity index (χ4v) is 3.40. The van der Waals surface area contributed by atoms with Crippen LogP contribution in [0.15, 0.2) is 77.9 Å². The van der Waals surface area contributed by atoms with Crippen molar-refractivity contribution in [2.24, 2.45) is 5.10 Å². The van der Waals surface area contributed by atoms with Crippen LogP contribution in [0.2, 0.25) is 0 Å². The molecule has 0 aliphatic carbocycles. The van der Waals surface area contributed by atoms with Gasteiger partial charge < -0.3 is 9.47 Å². The third-order valence-corrected chi connectivity index (χ3v) is 4.76. The minimum Gasteiger partial charge on any atom is -0.497 e. The van der Waals surface area contributed by atoms with Crippen molar-refractivity contribution in [2.75, 3.05) is 14.2 Å². The summed E-state index contributed by atoms with van der Waals surface area (Å²) in [4.78, 5) is 0. The lowest BCUT2D eigenvalue weighted by molar-refractivity contribution is 0.261. The third-order valence-electron chi connectivity index (χ3n) is 4.76. The Morgan fingerprint density at radius 1 is 0.889 bits per heavy atom. The van der Waals surface area contributed by atoms with Crippen LogP contribution in [0.25, 0.3) is 0 Å². The summed E-state index contributed by atoms with van der Waals surface area (Å²) in [5, 5.41) is 7.06. The quantitative estimate of drug-likeness (QED) is 0.675. The van der Waals surface area contributed by atoms with Gasteiger partial charge in [-0.1, -0.05) is 54.6 Å². The maximum absolute atomic E-state index is 5.56. The topological polar surface area (TPSA) is 34.1 Å². The molecule has 1 aliphatic rings. The van der Waals surface area contributed by atoms with Gasteiger partial charge in [0.25, 0.3) is 0 Å². The molecule has 0 radical (unpaired) electrons. The summed E-state index contributed by atoms with van der Waals surface area (Å²) in [6, 6.07) is 24.7. The minimum atomic E-state index is 0.665. The number of nitrogens with zero attached hydrogens (tertiary/aromatic N) is 2. The standard InChI is InChI=1S/C23H22N2O2/c1-26-20-13-12-19(22(14-20)27-2)16-25-15-18-10-6-7-11-21(18)23(24-25)17-8-4-3-5-9-17/h3-14H,15-16H2,1-2H3. The molecule has 0 atom stereocenters. The van der Waals surface area contributed by atoms with Crippen LogP contribution in [-0.4, -0.2) is 24.9 Å². The van der Waals surface area contributed by atoms with Crippen molar-refractivity contribution in [3.63, 3.8) is 0 Å². The lowest BCUT2D eigenvalue weighted by atomic mass is 9.96. The number of fused-ring (bicyclic) bond motifs is 1. The van der Waals surface area contributed by atoms with E-state index in [2.05, 4.69) is 41.4 Å². The van der Waals surface area contributed by atoms with Gasteiger partial charge in [-0.3, -0.25) is 5.01 Å². The van der Waals surface area contributed by atoms with Crippen LogP contribution in [0.4, 0.5) is 0 Å². The second-order valence-electron chi connectivity index (χ2n) is 6.47. The van der Waals surface area contributed by atoms with Crippen molar-refractivity contribution in [2.45, 2.75) is 13.1 Å². The van der Waals surface area contributed by atoms with E-state index < -0.39 is 0 Å². The van der Waals surface area contributed by atoms with Gasteiger partial charge in [0.2, 0.25) is 0 Å². The Balaban J connectivity index is 1.70. The van der Waals surface area contributed by atoms with Crippen LogP contribution in [0.5, 0.6) is 11.5 Å². The van der Waals surface area contributed by atoms with E-state index in [1.807, 2.05) is 36.4 Å². The fourth-order valence-electron chi connectivity index (χ4n) is 3.40. The Labute approximate surface area is 159 Å². The predicted molar refractivity (Wildman–Crippen MR) is 107 cm³/mol. The van der Waals surface area contributed by atoms with E-state index in [0.717, 1.165) is 34.9 Å². The Kier molecular flexibility index (Phi) is 4.79. The van der Waals surface area contributed by atoms with Crippen molar-refractivity contribution < 1.29 is 9.47 Å². The van der Waals surface area contributed by atoms with Gasteiger partial charge in [0.05, 0.1) is 33.0 Å². The molecule has 3 aromatic rings. The average molecular weight is 358 g/mol. The number of ether oxygens (including phenoxy) is 2. The smallest absolute Gasteiger partial charge is 0.127 e. The van der Waals surface area contributed by atoms with Crippen LogP contribution in [-0.2, 0) is 13.1 Å². The zero-order chi connectivity index (χ0) is 18.6. The summed E-state index contributed by atoms with van der Waals surface area (Å²) in [7, 11) is 3.34. The van der Waals surface area contributed by atoms with E-state index in [4.69, 9.17) is 14.6 Å². The number of hydrogen-bond donors (Lipinski definition) is 0. The highest BCUT2D eigenvalue weighted by molar-refractivity contribution is 6.14. The molecule has 4 nitrogen and oxygen atoms in total. The number of methoxy groups -OCH3 is 2. The minimum absolute atomic E-state index is 0.665. The van der Waals surface area contributed by atoms with Crippen LogP contribution < -0.4 is 9.47 Å². The van der Waals surface area contributed by atoms with E-state index in [-0.39, 0.29) is 0 Å². The molecule has 4 heteroatoms. The summed E-state index contributed by atoms with van der Waals surface area (Å²) in [5.74, 6) is 1.60. The normalized spacial score (nSPS) is 13.0. The monoisotopic (exact) mass is 358 g/mol. The SMILES string of the molecule is COc1ccc(CN2Cc3ccccc3C(c3ccccc3)=N2)c(OC)c1. The van der Waals surface area contributed by atoms with E-state index in [1.54, 1.807) is 14.2 Å². The van der Waals surface area contributed by atoms with Crippen LogP contribution >= 0.6 is 0 Å². The van der Waals surface area contributed by atoms with E-state index in [0.29, 0.717) is 6.54 Å². The molecule has 4 rings (SSSR count). The molecule has 0 aromatic heterocycles. The predicted octanol–water partition coefficient (Wildman–Crippen LogP) is 4.47. The van der Waals surface area contributed by atoms with E-state index in [1.165, 1.54) is 11.1 Å². The molecule has 3 aromatic carbocycles. The molecule has 1 aliphatic heterocycles. The zero-order valence-corrected chi connectivity index (χ0v) is 15.6. The van der Waals surface area contributed by atoms with Gasteiger partial charge in [0.15, 0.2) is 0 Å². The fraction of sp³-hybridized carbons (Fsp3) is 0.174. The number of hydrazone groups is 1. The van der Waals surface area contributed by atoms with Crippen molar-refractivity contribution >= 4 is 5.71 Å². The lowest BCUT2D eigenvalue weighted by Crippen LogP contribution is -2.26. The number of benzene rings is 3.